The number of benzene rings is 3. The molecule has 30 heavy (non-hydrogen) atoms. The van der Waals surface area contributed by atoms with Crippen molar-refractivity contribution in [2.75, 3.05) is 0 Å². The molecule has 0 aliphatic carbocycles. The minimum atomic E-state index is -0.377. The van der Waals surface area contributed by atoms with E-state index < -0.39 is 0 Å². The van der Waals surface area contributed by atoms with Gasteiger partial charge < -0.3 is 10.3 Å². The molecule has 3 nitrogen and oxygen atoms in total. The molecule has 0 atom stereocenters. The number of nitrogens with zero attached hydrogens (tertiary/aromatic N) is 1. The molecule has 0 aliphatic rings. The molecular formula is C27H30N2O. The maximum Gasteiger partial charge on any atom is 0.249 e. The first-order valence-corrected chi connectivity index (χ1v) is 10.9. The second-order valence-electron chi connectivity index (χ2n) is 8.45. The highest BCUT2D eigenvalue weighted by Crippen LogP contribution is 2.33. The summed E-state index contributed by atoms with van der Waals surface area (Å²) in [6.07, 6.45) is 4.75. The predicted molar refractivity (Wildman–Crippen MR) is 126 cm³/mol. The Labute approximate surface area is 178 Å². The van der Waals surface area contributed by atoms with Crippen LogP contribution in [-0.4, -0.2) is 10.5 Å². The van der Waals surface area contributed by atoms with Crippen LogP contribution in [0.3, 0.4) is 0 Å². The molecule has 0 saturated heterocycles. The quantitative estimate of drug-likeness (QED) is 0.365. The molecule has 0 bridgehead atoms. The monoisotopic (exact) mass is 398 g/mol. The molecule has 2 N–H and O–H groups in total. The molecule has 0 saturated carbocycles. The molecule has 0 aliphatic heterocycles. The largest absolute Gasteiger partial charge is 0.366 e. The summed E-state index contributed by atoms with van der Waals surface area (Å²) in [6, 6.07) is 19.2. The lowest BCUT2D eigenvalue weighted by molar-refractivity contribution is 0.100. The Morgan fingerprint density at radius 1 is 0.900 bits per heavy atom. The van der Waals surface area contributed by atoms with E-state index in [1.54, 1.807) is 0 Å². The van der Waals surface area contributed by atoms with E-state index in [1.807, 2.05) is 12.1 Å². The maximum absolute atomic E-state index is 12.2. The van der Waals surface area contributed by atoms with Gasteiger partial charge in [-0.1, -0.05) is 67.3 Å². The summed E-state index contributed by atoms with van der Waals surface area (Å²) in [5.41, 5.74) is 13.7. The van der Waals surface area contributed by atoms with Gasteiger partial charge in [-0.15, -0.1) is 0 Å². The lowest BCUT2D eigenvalue weighted by Gasteiger charge is -2.11. The summed E-state index contributed by atoms with van der Waals surface area (Å²) in [4.78, 5) is 12.2. The smallest absolute Gasteiger partial charge is 0.249 e. The van der Waals surface area contributed by atoms with E-state index >= 15 is 0 Å². The number of rotatable bonds is 7. The second-order valence-corrected chi connectivity index (χ2v) is 8.45. The zero-order valence-electron chi connectivity index (χ0n) is 18.2. The summed E-state index contributed by atoms with van der Waals surface area (Å²) >= 11 is 0. The Morgan fingerprint density at radius 3 is 2.37 bits per heavy atom. The number of nitrogens with two attached hydrogens (primary N) is 1. The Bertz CT molecular complexity index is 1210. The Morgan fingerprint density at radius 2 is 1.67 bits per heavy atom. The molecule has 4 aromatic rings. The summed E-state index contributed by atoms with van der Waals surface area (Å²) in [5, 5.41) is 2.06. The summed E-state index contributed by atoms with van der Waals surface area (Å²) < 4.78 is 2.34. The third-order valence-corrected chi connectivity index (χ3v) is 5.91. The van der Waals surface area contributed by atoms with Gasteiger partial charge in [-0.3, -0.25) is 4.79 Å². The second kappa shape index (κ2) is 8.35. The fourth-order valence-electron chi connectivity index (χ4n) is 4.64. The first-order valence-electron chi connectivity index (χ1n) is 10.9. The van der Waals surface area contributed by atoms with Crippen LogP contribution in [0, 0.1) is 13.8 Å². The Kier molecular flexibility index (Phi) is 5.63. The highest BCUT2D eigenvalue weighted by atomic mass is 16.1. The zero-order chi connectivity index (χ0) is 21.3. The third kappa shape index (κ3) is 3.85. The first-order chi connectivity index (χ1) is 14.5. The van der Waals surface area contributed by atoms with Gasteiger partial charge in [0, 0.05) is 28.4 Å². The van der Waals surface area contributed by atoms with Gasteiger partial charge >= 0.3 is 0 Å². The molecular weight excluding hydrogens is 368 g/mol. The SMILES string of the molecule is CCCCCc1ccc2c3c(C(N)=O)cccc3n(Cc3cc(C)cc(C)c3)c2c1. The fraction of sp³-hybridized carbons (Fsp3) is 0.296. The highest BCUT2D eigenvalue weighted by molar-refractivity contribution is 6.18. The standard InChI is InChI=1S/C27H30N2O/c1-4-5-6-8-20-11-12-22-25(16-20)29(17-21-14-18(2)13-19(3)15-21)24-10-7-9-23(26(22)24)27(28)30/h7,9-16H,4-6,8,17H2,1-3H3,(H2,28,30). The summed E-state index contributed by atoms with van der Waals surface area (Å²) in [7, 11) is 0. The highest BCUT2D eigenvalue weighted by Gasteiger charge is 2.17. The number of unbranched alkanes of at least 4 members (excludes halogenated alkanes) is 2. The minimum Gasteiger partial charge on any atom is -0.366 e. The van der Waals surface area contributed by atoms with Crippen molar-refractivity contribution in [3.8, 4) is 0 Å². The van der Waals surface area contributed by atoms with E-state index in [0.717, 1.165) is 29.3 Å². The van der Waals surface area contributed by atoms with Crippen molar-refractivity contribution in [1.82, 2.24) is 4.57 Å². The Hall–Kier alpha value is -3.07. The van der Waals surface area contributed by atoms with Crippen LogP contribution >= 0.6 is 0 Å². The van der Waals surface area contributed by atoms with Crippen LogP contribution in [0.4, 0.5) is 0 Å². The van der Waals surface area contributed by atoms with Crippen molar-refractivity contribution in [3.63, 3.8) is 0 Å². The van der Waals surface area contributed by atoms with E-state index in [0.29, 0.717) is 5.56 Å². The summed E-state index contributed by atoms with van der Waals surface area (Å²) in [6.45, 7) is 7.28. The summed E-state index contributed by atoms with van der Waals surface area (Å²) in [5.74, 6) is -0.377. The van der Waals surface area contributed by atoms with E-state index in [-0.39, 0.29) is 5.91 Å². The van der Waals surface area contributed by atoms with Crippen LogP contribution < -0.4 is 5.73 Å². The van der Waals surface area contributed by atoms with Gasteiger partial charge in [0.05, 0.1) is 5.52 Å². The van der Waals surface area contributed by atoms with E-state index in [9.17, 15) is 4.79 Å². The molecule has 0 radical (unpaired) electrons. The average molecular weight is 399 g/mol. The first kappa shape index (κ1) is 20.2. The van der Waals surface area contributed by atoms with Crippen molar-refractivity contribution < 1.29 is 4.79 Å². The number of carbonyl (C=O) groups excluding carboxylic acids is 1. The zero-order valence-corrected chi connectivity index (χ0v) is 18.2. The number of primary amides is 1. The van der Waals surface area contributed by atoms with E-state index in [1.165, 1.54) is 47.0 Å². The van der Waals surface area contributed by atoms with Gasteiger partial charge in [0.2, 0.25) is 5.91 Å². The number of aryl methyl sites for hydroxylation is 3. The van der Waals surface area contributed by atoms with Gasteiger partial charge in [-0.05, 0) is 56.0 Å². The number of amides is 1. The van der Waals surface area contributed by atoms with Gasteiger partial charge in [0.25, 0.3) is 0 Å². The maximum atomic E-state index is 12.2. The molecule has 1 heterocycles. The van der Waals surface area contributed by atoms with Gasteiger partial charge in [0.1, 0.15) is 0 Å². The molecule has 1 amide bonds. The predicted octanol–water partition coefficient (Wildman–Crippen LogP) is 6.29. The van der Waals surface area contributed by atoms with Crippen LogP contribution in [0.1, 0.15) is 58.8 Å². The average Bonchev–Trinajstić information content (AvgIpc) is 3.00. The van der Waals surface area contributed by atoms with Crippen LogP contribution in [0.15, 0.2) is 54.6 Å². The topological polar surface area (TPSA) is 48.0 Å². The lowest BCUT2D eigenvalue weighted by Crippen LogP contribution is -2.11. The van der Waals surface area contributed by atoms with Crippen molar-refractivity contribution >= 4 is 27.7 Å². The van der Waals surface area contributed by atoms with Crippen LogP contribution in [-0.2, 0) is 13.0 Å². The minimum absolute atomic E-state index is 0.377. The van der Waals surface area contributed by atoms with Crippen LogP contribution in [0.5, 0.6) is 0 Å². The lowest BCUT2D eigenvalue weighted by atomic mass is 10.0. The van der Waals surface area contributed by atoms with Crippen molar-refractivity contribution in [1.29, 1.82) is 0 Å². The molecule has 1 aromatic heterocycles. The number of hydrogen-bond donors (Lipinski definition) is 1. The van der Waals surface area contributed by atoms with Crippen molar-refractivity contribution in [2.45, 2.75) is 53.0 Å². The molecule has 0 fully saturated rings. The molecule has 154 valence electrons. The molecule has 0 unspecified atom stereocenters. The number of carbonyl (C=O) groups is 1. The van der Waals surface area contributed by atoms with Crippen LogP contribution in [0.25, 0.3) is 21.8 Å². The van der Waals surface area contributed by atoms with Gasteiger partial charge in [-0.25, -0.2) is 0 Å². The normalized spacial score (nSPS) is 11.4. The third-order valence-electron chi connectivity index (χ3n) is 5.91. The van der Waals surface area contributed by atoms with E-state index in [2.05, 4.69) is 67.8 Å². The van der Waals surface area contributed by atoms with Gasteiger partial charge in [-0.2, -0.15) is 0 Å². The molecule has 4 rings (SSSR count). The fourth-order valence-corrected chi connectivity index (χ4v) is 4.64. The van der Waals surface area contributed by atoms with Crippen molar-refractivity contribution in [2.24, 2.45) is 5.73 Å². The Balaban J connectivity index is 1.93. The number of hydrogen-bond acceptors (Lipinski definition) is 1. The molecule has 3 heteroatoms. The molecule has 3 aromatic carbocycles. The number of fused-ring (bicyclic) bond motifs is 3. The van der Waals surface area contributed by atoms with Gasteiger partial charge in [0.15, 0.2) is 0 Å². The number of aromatic nitrogens is 1. The molecule has 0 spiro atoms. The van der Waals surface area contributed by atoms with Crippen molar-refractivity contribution in [3.05, 3.63) is 82.4 Å². The van der Waals surface area contributed by atoms with Crippen LogP contribution in [0.2, 0.25) is 0 Å². The van der Waals surface area contributed by atoms with E-state index in [4.69, 9.17) is 5.73 Å².